The molecule has 0 saturated carbocycles. The molecule has 0 saturated heterocycles. The summed E-state index contributed by atoms with van der Waals surface area (Å²) in [6.07, 6.45) is 0. The summed E-state index contributed by atoms with van der Waals surface area (Å²) in [6.45, 7) is 2.03. The average Bonchev–Trinajstić information content (AvgIpc) is 2.47. The van der Waals surface area contributed by atoms with E-state index in [0.717, 1.165) is 33.7 Å². The van der Waals surface area contributed by atoms with E-state index >= 15 is 0 Å². The fourth-order valence-corrected chi connectivity index (χ4v) is 3.06. The summed E-state index contributed by atoms with van der Waals surface area (Å²) < 4.78 is 0. The van der Waals surface area contributed by atoms with E-state index in [-0.39, 0.29) is 0 Å². The molecule has 0 atom stereocenters. The van der Waals surface area contributed by atoms with Gasteiger partial charge in [0.1, 0.15) is 5.84 Å². The molecular weight excluding hydrogens is 280 g/mol. The van der Waals surface area contributed by atoms with Crippen LogP contribution in [0.25, 0.3) is 10.8 Å². The van der Waals surface area contributed by atoms with E-state index in [2.05, 4.69) is 23.5 Å². The highest BCUT2D eigenvalue weighted by molar-refractivity contribution is 6.35. The number of rotatable bonds is 1. The maximum Gasteiger partial charge on any atom is 0.139 e. The molecule has 3 aromatic rings. The lowest BCUT2D eigenvalue weighted by Gasteiger charge is -2.19. The predicted molar refractivity (Wildman–Crippen MR) is 90.0 cm³/mol. The van der Waals surface area contributed by atoms with Gasteiger partial charge < -0.3 is 5.32 Å². The second kappa shape index (κ2) is 4.61. The Balaban J connectivity index is 1.94. The first-order valence-corrected chi connectivity index (χ1v) is 7.24. The van der Waals surface area contributed by atoms with Gasteiger partial charge in [0, 0.05) is 16.6 Å². The summed E-state index contributed by atoms with van der Waals surface area (Å²) in [5.41, 5.74) is 4.12. The number of aryl methyl sites for hydroxylation is 1. The number of anilines is 1. The zero-order chi connectivity index (χ0) is 14.4. The number of halogens is 1. The standard InChI is InChI=1S/C18H13ClN2/c1-11-8-9-13(14(19)10-11)18-20-15-6-2-4-12-5-3-7-16(21-18)17(12)15/h2-10H,1H3,(H,20,21). The molecule has 1 N–H and O–H groups in total. The molecule has 2 nitrogen and oxygen atoms in total. The smallest absolute Gasteiger partial charge is 0.139 e. The number of aliphatic imine (C=N–C) groups is 1. The summed E-state index contributed by atoms with van der Waals surface area (Å²) in [7, 11) is 0. The largest absolute Gasteiger partial charge is 0.339 e. The maximum absolute atomic E-state index is 6.37. The first-order valence-electron chi connectivity index (χ1n) is 6.86. The monoisotopic (exact) mass is 292 g/mol. The number of nitrogens with one attached hydrogen (secondary N) is 1. The van der Waals surface area contributed by atoms with Crippen molar-refractivity contribution in [1.29, 1.82) is 0 Å². The third kappa shape index (κ3) is 1.99. The number of hydrogen-bond acceptors (Lipinski definition) is 2. The highest BCUT2D eigenvalue weighted by Gasteiger charge is 2.17. The van der Waals surface area contributed by atoms with E-state index in [9.17, 15) is 0 Å². The maximum atomic E-state index is 6.37. The van der Waals surface area contributed by atoms with E-state index in [4.69, 9.17) is 16.6 Å². The minimum absolute atomic E-state index is 0.716. The van der Waals surface area contributed by atoms with Crippen LogP contribution in [0.3, 0.4) is 0 Å². The summed E-state index contributed by atoms with van der Waals surface area (Å²) in [5, 5.41) is 6.47. The van der Waals surface area contributed by atoms with Crippen LogP contribution in [0.2, 0.25) is 5.02 Å². The van der Waals surface area contributed by atoms with Crippen LogP contribution in [-0.4, -0.2) is 5.84 Å². The minimum atomic E-state index is 0.716. The summed E-state index contributed by atoms with van der Waals surface area (Å²) in [6, 6.07) is 18.4. The van der Waals surface area contributed by atoms with Gasteiger partial charge in [0.15, 0.2) is 0 Å². The van der Waals surface area contributed by atoms with Gasteiger partial charge in [-0.3, -0.25) is 0 Å². The van der Waals surface area contributed by atoms with Gasteiger partial charge in [-0.2, -0.15) is 0 Å². The van der Waals surface area contributed by atoms with Crippen molar-refractivity contribution in [3.8, 4) is 0 Å². The molecule has 1 heterocycles. The molecule has 4 rings (SSSR count). The van der Waals surface area contributed by atoms with Crippen LogP contribution in [0.4, 0.5) is 11.4 Å². The Hall–Kier alpha value is -2.32. The molecule has 0 aliphatic carbocycles. The molecule has 0 amide bonds. The molecule has 3 heteroatoms. The Kier molecular flexibility index (Phi) is 2.72. The second-order valence-electron chi connectivity index (χ2n) is 5.25. The Morgan fingerprint density at radius 3 is 2.62 bits per heavy atom. The number of hydrogen-bond donors (Lipinski definition) is 1. The van der Waals surface area contributed by atoms with E-state index in [1.807, 2.05) is 43.3 Å². The zero-order valence-corrected chi connectivity index (χ0v) is 12.3. The van der Waals surface area contributed by atoms with Gasteiger partial charge in [-0.05, 0) is 42.1 Å². The van der Waals surface area contributed by atoms with E-state index in [1.165, 1.54) is 5.39 Å². The normalized spacial score (nSPS) is 13.0. The first-order chi connectivity index (χ1) is 10.2. The van der Waals surface area contributed by atoms with Gasteiger partial charge >= 0.3 is 0 Å². The molecular formula is C18H13ClN2. The Morgan fingerprint density at radius 1 is 1.00 bits per heavy atom. The topological polar surface area (TPSA) is 24.4 Å². The molecule has 3 aromatic carbocycles. The van der Waals surface area contributed by atoms with Crippen LogP contribution >= 0.6 is 11.6 Å². The van der Waals surface area contributed by atoms with Gasteiger partial charge in [0.2, 0.25) is 0 Å². The molecule has 1 aliphatic rings. The van der Waals surface area contributed by atoms with Gasteiger partial charge in [0.25, 0.3) is 0 Å². The van der Waals surface area contributed by atoms with Crippen LogP contribution in [-0.2, 0) is 0 Å². The summed E-state index contributed by atoms with van der Waals surface area (Å²) >= 11 is 6.37. The molecule has 0 spiro atoms. The van der Waals surface area contributed by atoms with Crippen molar-refractivity contribution in [3.63, 3.8) is 0 Å². The van der Waals surface area contributed by atoms with Crippen LogP contribution in [0.1, 0.15) is 11.1 Å². The van der Waals surface area contributed by atoms with Crippen molar-refractivity contribution in [2.24, 2.45) is 4.99 Å². The highest BCUT2D eigenvalue weighted by Crippen LogP contribution is 2.37. The lowest BCUT2D eigenvalue weighted by molar-refractivity contribution is 1.43. The van der Waals surface area contributed by atoms with Gasteiger partial charge in [-0.1, -0.05) is 41.9 Å². The van der Waals surface area contributed by atoms with Crippen molar-refractivity contribution < 1.29 is 0 Å². The molecule has 1 aliphatic heterocycles. The van der Waals surface area contributed by atoms with Crippen molar-refractivity contribution >= 4 is 39.6 Å². The minimum Gasteiger partial charge on any atom is -0.339 e. The third-order valence-corrected chi connectivity index (χ3v) is 4.06. The van der Waals surface area contributed by atoms with Crippen LogP contribution < -0.4 is 5.32 Å². The molecule has 0 radical (unpaired) electrons. The van der Waals surface area contributed by atoms with Crippen molar-refractivity contribution in [1.82, 2.24) is 0 Å². The third-order valence-electron chi connectivity index (χ3n) is 3.75. The van der Waals surface area contributed by atoms with Gasteiger partial charge in [0.05, 0.1) is 10.7 Å². The van der Waals surface area contributed by atoms with Gasteiger partial charge in [-0.15, -0.1) is 0 Å². The van der Waals surface area contributed by atoms with Crippen LogP contribution in [0.5, 0.6) is 0 Å². The number of amidine groups is 1. The Bertz CT molecular complexity index is 892. The number of nitrogens with zero attached hydrogens (tertiary/aromatic N) is 1. The Morgan fingerprint density at radius 2 is 1.81 bits per heavy atom. The Labute approximate surface area is 128 Å². The SMILES string of the molecule is Cc1ccc(C2=Nc3cccc4cccc(c34)N2)c(Cl)c1. The highest BCUT2D eigenvalue weighted by atomic mass is 35.5. The first kappa shape index (κ1) is 12.4. The van der Waals surface area contributed by atoms with Crippen molar-refractivity contribution in [3.05, 3.63) is 70.7 Å². The van der Waals surface area contributed by atoms with E-state index in [0.29, 0.717) is 5.02 Å². The molecule has 0 fully saturated rings. The lowest BCUT2D eigenvalue weighted by Crippen LogP contribution is -2.16. The molecule has 0 unspecified atom stereocenters. The summed E-state index contributed by atoms with van der Waals surface area (Å²) in [4.78, 5) is 4.75. The van der Waals surface area contributed by atoms with E-state index < -0.39 is 0 Å². The lowest BCUT2D eigenvalue weighted by atomic mass is 10.0. The molecule has 102 valence electrons. The predicted octanol–water partition coefficient (Wildman–Crippen LogP) is 5.31. The van der Waals surface area contributed by atoms with Crippen LogP contribution in [0.15, 0.2) is 59.6 Å². The zero-order valence-electron chi connectivity index (χ0n) is 11.5. The van der Waals surface area contributed by atoms with Gasteiger partial charge in [-0.25, -0.2) is 4.99 Å². The summed E-state index contributed by atoms with van der Waals surface area (Å²) in [5.74, 6) is 0.797. The van der Waals surface area contributed by atoms with Crippen molar-refractivity contribution in [2.45, 2.75) is 6.92 Å². The van der Waals surface area contributed by atoms with Crippen molar-refractivity contribution in [2.75, 3.05) is 5.32 Å². The molecule has 21 heavy (non-hydrogen) atoms. The average molecular weight is 293 g/mol. The molecule has 0 aromatic heterocycles. The second-order valence-corrected chi connectivity index (χ2v) is 5.66. The van der Waals surface area contributed by atoms with E-state index in [1.54, 1.807) is 0 Å². The van der Waals surface area contributed by atoms with Crippen LogP contribution in [0, 0.1) is 6.92 Å². The fraction of sp³-hybridized carbons (Fsp3) is 0.0556. The number of benzene rings is 3. The quantitative estimate of drug-likeness (QED) is 0.646. The fourth-order valence-electron chi connectivity index (χ4n) is 2.73. The molecule has 0 bridgehead atoms.